The van der Waals surface area contributed by atoms with Crippen LogP contribution in [0.1, 0.15) is 34.3 Å². The van der Waals surface area contributed by atoms with Crippen LogP contribution in [0, 0.1) is 19.7 Å². The van der Waals surface area contributed by atoms with Crippen LogP contribution in [0.4, 0.5) is 20.6 Å². The number of benzene rings is 2. The third-order valence-corrected chi connectivity index (χ3v) is 6.19. The van der Waals surface area contributed by atoms with Crippen molar-refractivity contribution in [3.05, 3.63) is 58.9 Å². The number of piperidine rings is 1. The molecule has 2 aromatic rings. The van der Waals surface area contributed by atoms with Gasteiger partial charge in [-0.2, -0.15) is 0 Å². The highest BCUT2D eigenvalue weighted by molar-refractivity contribution is 6.02. The maximum atomic E-state index is 13.8. The number of aryl methyl sites for hydroxylation is 2. The van der Waals surface area contributed by atoms with E-state index in [9.17, 15) is 14.0 Å². The highest BCUT2D eigenvalue weighted by atomic mass is 19.1. The first-order valence-electron chi connectivity index (χ1n) is 9.78. The molecule has 2 aliphatic heterocycles. The van der Waals surface area contributed by atoms with E-state index < -0.39 is 5.66 Å². The molecule has 0 aromatic heterocycles. The number of hydrogen-bond acceptors (Lipinski definition) is 3. The highest BCUT2D eigenvalue weighted by Crippen LogP contribution is 2.36. The molecule has 4 rings (SSSR count). The Morgan fingerprint density at radius 1 is 1.10 bits per heavy atom. The zero-order valence-electron chi connectivity index (χ0n) is 16.9. The fourth-order valence-corrected chi connectivity index (χ4v) is 4.13. The Kier molecular flexibility index (Phi) is 4.68. The minimum atomic E-state index is -0.616. The first-order chi connectivity index (χ1) is 13.8. The lowest BCUT2D eigenvalue weighted by Gasteiger charge is -2.51. The second-order valence-corrected chi connectivity index (χ2v) is 7.92. The van der Waals surface area contributed by atoms with Crippen LogP contribution in [0.5, 0.6) is 0 Å². The standard InChI is InChI=1S/C22H25FN4O2/c1-14-4-6-17(12-15(14)2)24-21(29)27-10-8-22(9-11-27)25-20(28)18-7-5-16(23)13-19(18)26(22)3/h4-7,12-13H,8-11H2,1-3H3,(H,24,29)(H,25,28). The molecule has 0 radical (unpaired) electrons. The van der Waals surface area contributed by atoms with E-state index in [1.54, 1.807) is 4.90 Å². The summed E-state index contributed by atoms with van der Waals surface area (Å²) in [6, 6.07) is 9.89. The molecule has 2 aromatic carbocycles. The van der Waals surface area contributed by atoms with Crippen molar-refractivity contribution in [2.24, 2.45) is 0 Å². The number of hydrogen-bond donors (Lipinski definition) is 2. The molecule has 0 saturated carbocycles. The van der Waals surface area contributed by atoms with Crippen LogP contribution in [-0.2, 0) is 0 Å². The molecular weight excluding hydrogens is 371 g/mol. The van der Waals surface area contributed by atoms with Crippen LogP contribution in [-0.4, -0.2) is 42.6 Å². The Labute approximate surface area is 169 Å². The van der Waals surface area contributed by atoms with Crippen LogP contribution in [0.2, 0.25) is 0 Å². The normalized spacial score (nSPS) is 17.7. The summed E-state index contributed by atoms with van der Waals surface area (Å²) in [5, 5.41) is 6.04. The topological polar surface area (TPSA) is 64.7 Å². The summed E-state index contributed by atoms with van der Waals surface area (Å²) >= 11 is 0. The number of likely N-dealkylation sites (tertiary alicyclic amines) is 1. The van der Waals surface area contributed by atoms with E-state index in [2.05, 4.69) is 10.6 Å². The zero-order chi connectivity index (χ0) is 20.8. The Bertz CT molecular complexity index is 983. The lowest BCUT2D eigenvalue weighted by atomic mass is 9.90. The third-order valence-electron chi connectivity index (χ3n) is 6.19. The number of amides is 3. The number of nitrogens with zero attached hydrogens (tertiary/aromatic N) is 2. The summed E-state index contributed by atoms with van der Waals surface area (Å²) in [5.41, 5.74) is 3.50. The molecule has 0 aliphatic carbocycles. The molecule has 3 amide bonds. The van der Waals surface area contributed by atoms with Crippen LogP contribution >= 0.6 is 0 Å². The van der Waals surface area contributed by atoms with Gasteiger partial charge < -0.3 is 20.4 Å². The molecule has 2 heterocycles. The molecule has 0 atom stereocenters. The van der Waals surface area contributed by atoms with Gasteiger partial charge in [-0.05, 0) is 55.3 Å². The lowest BCUT2D eigenvalue weighted by Crippen LogP contribution is -2.67. The number of carbonyl (C=O) groups is 2. The van der Waals surface area contributed by atoms with Crippen LogP contribution in [0.25, 0.3) is 0 Å². The Morgan fingerprint density at radius 2 is 1.83 bits per heavy atom. The Hall–Kier alpha value is -3.09. The lowest BCUT2D eigenvalue weighted by molar-refractivity contribution is 0.0815. The average molecular weight is 396 g/mol. The monoisotopic (exact) mass is 396 g/mol. The summed E-state index contributed by atoms with van der Waals surface area (Å²) in [4.78, 5) is 29.0. The van der Waals surface area contributed by atoms with Gasteiger partial charge in [0.2, 0.25) is 0 Å². The SMILES string of the molecule is Cc1ccc(NC(=O)N2CCC3(CC2)NC(=O)c2ccc(F)cc2N3C)cc1C. The summed E-state index contributed by atoms with van der Waals surface area (Å²) in [7, 11) is 1.86. The molecule has 152 valence electrons. The minimum absolute atomic E-state index is 0.153. The fourth-order valence-electron chi connectivity index (χ4n) is 4.13. The number of halogens is 1. The van der Waals surface area contributed by atoms with Crippen molar-refractivity contribution in [1.82, 2.24) is 10.2 Å². The number of urea groups is 1. The Morgan fingerprint density at radius 3 is 2.52 bits per heavy atom. The van der Waals surface area contributed by atoms with E-state index in [-0.39, 0.29) is 17.8 Å². The molecule has 2 aliphatic rings. The number of nitrogens with one attached hydrogen (secondary N) is 2. The minimum Gasteiger partial charge on any atom is -0.351 e. The maximum Gasteiger partial charge on any atom is 0.321 e. The molecule has 0 unspecified atom stereocenters. The predicted octanol–water partition coefficient (Wildman–Crippen LogP) is 3.65. The van der Waals surface area contributed by atoms with E-state index >= 15 is 0 Å². The van der Waals surface area contributed by atoms with Gasteiger partial charge in [-0.3, -0.25) is 4.79 Å². The highest BCUT2D eigenvalue weighted by Gasteiger charge is 2.45. The van der Waals surface area contributed by atoms with Crippen molar-refractivity contribution >= 4 is 23.3 Å². The van der Waals surface area contributed by atoms with Gasteiger partial charge in [-0.25, -0.2) is 9.18 Å². The van der Waals surface area contributed by atoms with Gasteiger partial charge >= 0.3 is 6.03 Å². The molecular formula is C22H25FN4O2. The van der Waals surface area contributed by atoms with E-state index in [0.717, 1.165) is 11.3 Å². The van der Waals surface area contributed by atoms with Gasteiger partial charge in [0.25, 0.3) is 5.91 Å². The maximum absolute atomic E-state index is 13.8. The number of anilines is 2. The van der Waals surface area contributed by atoms with Crippen molar-refractivity contribution < 1.29 is 14.0 Å². The molecule has 0 bridgehead atoms. The van der Waals surface area contributed by atoms with Crippen molar-refractivity contribution in [3.8, 4) is 0 Å². The average Bonchev–Trinajstić information content (AvgIpc) is 2.69. The third kappa shape index (κ3) is 3.41. The van der Waals surface area contributed by atoms with E-state index in [0.29, 0.717) is 37.2 Å². The van der Waals surface area contributed by atoms with Crippen molar-refractivity contribution in [3.63, 3.8) is 0 Å². The molecule has 29 heavy (non-hydrogen) atoms. The van der Waals surface area contributed by atoms with Gasteiger partial charge in [0.05, 0.1) is 11.3 Å². The molecule has 7 heteroatoms. The van der Waals surface area contributed by atoms with Crippen LogP contribution < -0.4 is 15.5 Å². The van der Waals surface area contributed by atoms with Crippen molar-refractivity contribution in [2.45, 2.75) is 32.4 Å². The van der Waals surface area contributed by atoms with Gasteiger partial charge in [-0.15, -0.1) is 0 Å². The predicted molar refractivity (Wildman–Crippen MR) is 111 cm³/mol. The summed E-state index contributed by atoms with van der Waals surface area (Å²) in [5.74, 6) is -0.572. The second-order valence-electron chi connectivity index (χ2n) is 7.92. The summed E-state index contributed by atoms with van der Waals surface area (Å²) in [6.45, 7) is 5.03. The molecule has 6 nitrogen and oxygen atoms in total. The van der Waals surface area contributed by atoms with Crippen LogP contribution in [0.3, 0.4) is 0 Å². The van der Waals surface area contributed by atoms with Gasteiger partial charge in [0, 0.05) is 38.7 Å². The molecule has 1 spiro atoms. The first-order valence-corrected chi connectivity index (χ1v) is 9.78. The summed E-state index contributed by atoms with van der Waals surface area (Å²) in [6.07, 6.45) is 1.12. The van der Waals surface area contributed by atoms with Gasteiger partial charge in [-0.1, -0.05) is 6.07 Å². The van der Waals surface area contributed by atoms with E-state index in [1.165, 1.54) is 23.8 Å². The number of fused-ring (bicyclic) bond motifs is 1. The quantitative estimate of drug-likeness (QED) is 0.773. The smallest absolute Gasteiger partial charge is 0.321 e. The van der Waals surface area contributed by atoms with Crippen LogP contribution in [0.15, 0.2) is 36.4 Å². The largest absolute Gasteiger partial charge is 0.351 e. The van der Waals surface area contributed by atoms with Crippen molar-refractivity contribution in [1.29, 1.82) is 0 Å². The molecule has 1 saturated heterocycles. The second kappa shape index (κ2) is 7.06. The Balaban J connectivity index is 1.46. The van der Waals surface area contributed by atoms with E-state index in [1.807, 2.05) is 44.0 Å². The number of carbonyl (C=O) groups excluding carboxylic acids is 2. The number of rotatable bonds is 1. The summed E-state index contributed by atoms with van der Waals surface area (Å²) < 4.78 is 13.8. The van der Waals surface area contributed by atoms with Gasteiger partial charge in [0.1, 0.15) is 11.5 Å². The van der Waals surface area contributed by atoms with Crippen molar-refractivity contribution in [2.75, 3.05) is 30.4 Å². The van der Waals surface area contributed by atoms with Gasteiger partial charge in [0.15, 0.2) is 0 Å². The van der Waals surface area contributed by atoms with E-state index in [4.69, 9.17) is 0 Å². The fraction of sp³-hybridized carbons (Fsp3) is 0.364. The molecule has 1 fully saturated rings. The molecule has 2 N–H and O–H groups in total. The first kappa shape index (κ1) is 19.2. The zero-order valence-corrected chi connectivity index (χ0v) is 16.9.